The van der Waals surface area contributed by atoms with Crippen molar-refractivity contribution in [1.82, 2.24) is 4.90 Å². The van der Waals surface area contributed by atoms with Crippen molar-refractivity contribution in [2.45, 2.75) is 50.5 Å². The first-order chi connectivity index (χ1) is 18.0. The normalized spacial score (nSPS) is 29.6. The van der Waals surface area contributed by atoms with Crippen LogP contribution in [0.4, 0.5) is 4.79 Å². The first-order valence-corrected chi connectivity index (χ1v) is 14.2. The van der Waals surface area contributed by atoms with Gasteiger partial charge in [-0.15, -0.1) is 0 Å². The number of rotatable bonds is 5. The van der Waals surface area contributed by atoms with E-state index in [-0.39, 0.29) is 23.1 Å². The van der Waals surface area contributed by atoms with Crippen molar-refractivity contribution in [3.63, 3.8) is 0 Å². The quantitative estimate of drug-likeness (QED) is 0.333. The standard InChI is InChI=1S/C32H31NO3S/c1-36-28-10-9-26(32-16-20-11-21(17-32)13-22(12-20)18-32)14-25(28)15-29-30(34)33(31(35)37-29)19-24-7-4-6-23-5-2-3-8-27(23)24/h2-10,14-15,20-22H,11-13,16-19H2,1H3/b29-15-. The van der Waals surface area contributed by atoms with Gasteiger partial charge in [0.1, 0.15) is 5.75 Å². The van der Waals surface area contributed by atoms with Crippen LogP contribution in [0.25, 0.3) is 16.8 Å². The van der Waals surface area contributed by atoms with E-state index in [1.807, 2.05) is 36.4 Å². The third-order valence-corrected chi connectivity index (χ3v) is 10.2. The Morgan fingerprint density at radius 2 is 1.65 bits per heavy atom. The van der Waals surface area contributed by atoms with Gasteiger partial charge in [-0.2, -0.15) is 0 Å². The van der Waals surface area contributed by atoms with Gasteiger partial charge in [0.25, 0.3) is 11.1 Å². The van der Waals surface area contributed by atoms with Crippen LogP contribution in [-0.2, 0) is 16.8 Å². The molecular formula is C32H31NO3S. The van der Waals surface area contributed by atoms with Gasteiger partial charge in [-0.3, -0.25) is 14.5 Å². The molecule has 4 saturated carbocycles. The van der Waals surface area contributed by atoms with E-state index in [4.69, 9.17) is 4.74 Å². The van der Waals surface area contributed by atoms with Crippen molar-refractivity contribution < 1.29 is 14.3 Å². The van der Waals surface area contributed by atoms with Crippen molar-refractivity contribution in [2.75, 3.05) is 7.11 Å². The van der Waals surface area contributed by atoms with E-state index in [0.717, 1.165) is 57.2 Å². The van der Waals surface area contributed by atoms with Gasteiger partial charge in [-0.25, -0.2) is 0 Å². The average Bonchev–Trinajstić information content (AvgIpc) is 3.15. The molecule has 188 valence electrons. The van der Waals surface area contributed by atoms with E-state index in [9.17, 15) is 9.59 Å². The van der Waals surface area contributed by atoms with E-state index in [2.05, 4.69) is 30.3 Å². The Morgan fingerprint density at radius 3 is 2.38 bits per heavy atom. The summed E-state index contributed by atoms with van der Waals surface area (Å²) in [7, 11) is 1.67. The van der Waals surface area contributed by atoms with Crippen molar-refractivity contribution in [1.29, 1.82) is 0 Å². The van der Waals surface area contributed by atoms with Gasteiger partial charge in [0.05, 0.1) is 18.6 Å². The average molecular weight is 510 g/mol. The molecule has 0 atom stereocenters. The van der Waals surface area contributed by atoms with Crippen molar-refractivity contribution in [3.8, 4) is 5.75 Å². The molecule has 5 heteroatoms. The number of benzene rings is 3. The van der Waals surface area contributed by atoms with Crippen LogP contribution in [0.1, 0.15) is 55.2 Å². The summed E-state index contributed by atoms with van der Waals surface area (Å²) in [5.74, 6) is 3.10. The maximum Gasteiger partial charge on any atom is 0.293 e. The summed E-state index contributed by atoms with van der Waals surface area (Å²) in [5.41, 5.74) is 3.51. The van der Waals surface area contributed by atoms with Crippen LogP contribution < -0.4 is 4.74 Å². The maximum absolute atomic E-state index is 13.4. The van der Waals surface area contributed by atoms with Crippen LogP contribution in [0.2, 0.25) is 0 Å². The smallest absolute Gasteiger partial charge is 0.293 e. The summed E-state index contributed by atoms with van der Waals surface area (Å²) in [4.78, 5) is 28.2. The Labute approximate surface area is 222 Å². The number of thioether (sulfide) groups is 1. The largest absolute Gasteiger partial charge is 0.496 e. The van der Waals surface area contributed by atoms with Crippen LogP contribution in [-0.4, -0.2) is 23.2 Å². The summed E-state index contributed by atoms with van der Waals surface area (Å²) in [6.45, 7) is 0.272. The topological polar surface area (TPSA) is 46.6 Å². The van der Waals surface area contributed by atoms with Crippen molar-refractivity contribution in [3.05, 3.63) is 82.3 Å². The first-order valence-electron chi connectivity index (χ1n) is 13.4. The lowest BCUT2D eigenvalue weighted by molar-refractivity contribution is -0.123. The lowest BCUT2D eigenvalue weighted by Crippen LogP contribution is -2.48. The van der Waals surface area contributed by atoms with Gasteiger partial charge >= 0.3 is 0 Å². The van der Waals surface area contributed by atoms with Crippen LogP contribution >= 0.6 is 11.8 Å². The number of carbonyl (C=O) groups excluding carboxylic acids is 2. The molecule has 0 N–H and O–H groups in total. The third-order valence-electron chi connectivity index (χ3n) is 9.25. The highest BCUT2D eigenvalue weighted by molar-refractivity contribution is 8.18. The van der Waals surface area contributed by atoms with Crippen molar-refractivity contribution in [2.24, 2.45) is 17.8 Å². The number of hydrogen-bond acceptors (Lipinski definition) is 4. The fourth-order valence-corrected chi connectivity index (χ4v) is 8.85. The fourth-order valence-electron chi connectivity index (χ4n) is 8.02. The number of carbonyl (C=O) groups is 2. The Kier molecular flexibility index (Phi) is 5.47. The molecule has 1 saturated heterocycles. The van der Waals surface area contributed by atoms with Gasteiger partial charge in [0.15, 0.2) is 0 Å². The molecule has 4 nitrogen and oxygen atoms in total. The number of imide groups is 1. The van der Waals surface area contributed by atoms with Gasteiger partial charge in [0, 0.05) is 5.56 Å². The highest BCUT2D eigenvalue weighted by atomic mass is 32.2. The summed E-state index contributed by atoms with van der Waals surface area (Å²) in [6, 6.07) is 20.6. The van der Waals surface area contributed by atoms with Crippen LogP contribution in [0.5, 0.6) is 5.75 Å². The number of amides is 2. The zero-order valence-corrected chi connectivity index (χ0v) is 21.9. The van der Waals surface area contributed by atoms with E-state index in [1.54, 1.807) is 7.11 Å². The minimum atomic E-state index is -0.231. The number of methoxy groups -OCH3 is 1. The zero-order chi connectivity index (χ0) is 25.1. The van der Waals surface area contributed by atoms with E-state index in [1.165, 1.54) is 49.0 Å². The van der Waals surface area contributed by atoms with Gasteiger partial charge in [-0.05, 0) is 114 Å². The molecule has 4 bridgehead atoms. The second-order valence-electron chi connectivity index (χ2n) is 11.6. The molecule has 5 aliphatic rings. The predicted molar refractivity (Wildman–Crippen MR) is 148 cm³/mol. The fraction of sp³-hybridized carbons (Fsp3) is 0.375. The number of hydrogen-bond donors (Lipinski definition) is 0. The van der Waals surface area contributed by atoms with Gasteiger partial charge < -0.3 is 4.74 Å². The minimum absolute atomic E-state index is 0.222. The van der Waals surface area contributed by atoms with Crippen LogP contribution in [0.15, 0.2) is 65.6 Å². The van der Waals surface area contributed by atoms with Crippen LogP contribution in [0.3, 0.4) is 0 Å². The van der Waals surface area contributed by atoms with E-state index in [0.29, 0.717) is 4.91 Å². The molecule has 4 aliphatic carbocycles. The second-order valence-corrected chi connectivity index (χ2v) is 12.6. The predicted octanol–water partition coefficient (Wildman–Crippen LogP) is 7.55. The molecule has 0 aromatic heterocycles. The van der Waals surface area contributed by atoms with Gasteiger partial charge in [-0.1, -0.05) is 48.5 Å². The molecule has 37 heavy (non-hydrogen) atoms. The molecule has 3 aromatic rings. The molecular weight excluding hydrogens is 478 g/mol. The zero-order valence-electron chi connectivity index (χ0n) is 21.1. The molecule has 3 aromatic carbocycles. The number of ether oxygens (including phenoxy) is 1. The Hall–Kier alpha value is -3.05. The lowest BCUT2D eigenvalue weighted by atomic mass is 9.48. The maximum atomic E-state index is 13.4. The molecule has 0 spiro atoms. The first kappa shape index (κ1) is 23.1. The monoisotopic (exact) mass is 509 g/mol. The Morgan fingerprint density at radius 1 is 0.946 bits per heavy atom. The summed E-state index contributed by atoms with van der Waals surface area (Å²) >= 11 is 1.03. The highest BCUT2D eigenvalue weighted by Gasteiger charge is 2.51. The number of fused-ring (bicyclic) bond motifs is 1. The SMILES string of the molecule is COc1ccc(C23CC4CC(CC(C4)C2)C3)cc1/C=C1\SC(=O)N(Cc2cccc3ccccc23)C1=O. The van der Waals surface area contributed by atoms with E-state index >= 15 is 0 Å². The highest BCUT2D eigenvalue weighted by Crippen LogP contribution is 2.61. The molecule has 1 heterocycles. The van der Waals surface area contributed by atoms with E-state index < -0.39 is 0 Å². The summed E-state index contributed by atoms with van der Waals surface area (Å²) in [6.07, 6.45) is 9.95. The Bertz CT molecular complexity index is 1420. The minimum Gasteiger partial charge on any atom is -0.496 e. The molecule has 1 aliphatic heterocycles. The molecule has 8 rings (SSSR count). The number of nitrogens with zero attached hydrogens (tertiary/aromatic N) is 1. The molecule has 2 amide bonds. The third kappa shape index (κ3) is 3.90. The second kappa shape index (κ2) is 8.76. The Balaban J connectivity index is 1.20. The molecule has 0 unspecified atom stereocenters. The summed E-state index contributed by atoms with van der Waals surface area (Å²) in [5, 5.41) is 1.95. The van der Waals surface area contributed by atoms with Crippen molar-refractivity contribution >= 4 is 39.8 Å². The van der Waals surface area contributed by atoms with Gasteiger partial charge in [0.2, 0.25) is 0 Å². The van der Waals surface area contributed by atoms with Crippen LogP contribution in [0, 0.1) is 17.8 Å². The summed E-state index contributed by atoms with van der Waals surface area (Å²) < 4.78 is 5.70. The molecule has 5 fully saturated rings. The molecule has 0 radical (unpaired) electrons. The lowest BCUT2D eigenvalue weighted by Gasteiger charge is -2.57.